The van der Waals surface area contributed by atoms with Crippen LogP contribution in [0.15, 0.2) is 0 Å². The van der Waals surface area contributed by atoms with Gasteiger partial charge in [-0.25, -0.2) is 0 Å². The highest BCUT2D eigenvalue weighted by molar-refractivity contribution is 5.75. The van der Waals surface area contributed by atoms with E-state index in [4.69, 9.17) is 10.5 Å². The molecule has 1 aliphatic heterocycles. The van der Waals surface area contributed by atoms with Crippen LogP contribution >= 0.6 is 0 Å². The number of hydrogen-bond acceptors (Lipinski definition) is 4. The van der Waals surface area contributed by atoms with Crippen molar-refractivity contribution in [1.29, 1.82) is 0 Å². The third-order valence-electron chi connectivity index (χ3n) is 4.15. The molecule has 17 heavy (non-hydrogen) atoms. The first-order chi connectivity index (χ1) is 8.20. The first-order valence-corrected chi connectivity index (χ1v) is 6.85. The van der Waals surface area contributed by atoms with E-state index >= 15 is 0 Å². The summed E-state index contributed by atoms with van der Waals surface area (Å²) in [6, 6.07) is -0.449. The monoisotopic (exact) mass is 240 g/mol. The molecule has 3 unspecified atom stereocenters. The zero-order valence-electron chi connectivity index (χ0n) is 10.7. The third kappa shape index (κ3) is 3.19. The normalized spacial score (nSPS) is 30.2. The number of ether oxygens (including phenoxy) is 1. The average Bonchev–Trinajstić information content (AvgIpc) is 2.86. The SMILES string of the molecule is CCOC(=O)C(N)CCN1CC2CCCC2C1. The Bertz CT molecular complexity index is 258. The van der Waals surface area contributed by atoms with Crippen LogP contribution in [0.2, 0.25) is 0 Å². The Labute approximate surface area is 103 Å². The summed E-state index contributed by atoms with van der Waals surface area (Å²) in [5.41, 5.74) is 5.80. The fraction of sp³-hybridized carbons (Fsp3) is 0.923. The smallest absolute Gasteiger partial charge is 0.322 e. The van der Waals surface area contributed by atoms with E-state index in [-0.39, 0.29) is 5.97 Å². The minimum Gasteiger partial charge on any atom is -0.465 e. The molecule has 0 aromatic rings. The number of esters is 1. The van der Waals surface area contributed by atoms with Crippen molar-refractivity contribution < 1.29 is 9.53 Å². The maximum atomic E-state index is 11.4. The van der Waals surface area contributed by atoms with Crippen molar-refractivity contribution in [3.05, 3.63) is 0 Å². The van der Waals surface area contributed by atoms with Gasteiger partial charge < -0.3 is 15.4 Å². The van der Waals surface area contributed by atoms with Gasteiger partial charge >= 0.3 is 5.97 Å². The van der Waals surface area contributed by atoms with Crippen molar-refractivity contribution in [2.75, 3.05) is 26.2 Å². The van der Waals surface area contributed by atoms with Crippen LogP contribution in [0.25, 0.3) is 0 Å². The van der Waals surface area contributed by atoms with E-state index in [9.17, 15) is 4.79 Å². The zero-order chi connectivity index (χ0) is 12.3. The van der Waals surface area contributed by atoms with Crippen LogP contribution < -0.4 is 5.73 Å². The molecule has 0 aromatic carbocycles. The van der Waals surface area contributed by atoms with Crippen molar-refractivity contribution in [3.8, 4) is 0 Å². The second-order valence-electron chi connectivity index (χ2n) is 5.36. The molecule has 0 aromatic heterocycles. The lowest BCUT2D eigenvalue weighted by molar-refractivity contribution is -0.144. The predicted molar refractivity (Wildman–Crippen MR) is 66.5 cm³/mol. The van der Waals surface area contributed by atoms with E-state index in [0.29, 0.717) is 6.61 Å². The number of rotatable bonds is 5. The molecule has 1 aliphatic carbocycles. The molecule has 1 saturated heterocycles. The van der Waals surface area contributed by atoms with Gasteiger partial charge in [0.15, 0.2) is 0 Å². The Hall–Kier alpha value is -0.610. The molecule has 2 N–H and O–H groups in total. The molecule has 4 nitrogen and oxygen atoms in total. The molecule has 0 amide bonds. The van der Waals surface area contributed by atoms with Crippen molar-refractivity contribution in [2.45, 2.75) is 38.6 Å². The molecule has 2 rings (SSSR count). The topological polar surface area (TPSA) is 55.6 Å². The molecule has 3 atom stereocenters. The summed E-state index contributed by atoms with van der Waals surface area (Å²) in [5, 5.41) is 0. The average molecular weight is 240 g/mol. The highest BCUT2D eigenvalue weighted by Gasteiger charge is 2.35. The van der Waals surface area contributed by atoms with Crippen LogP contribution in [0.5, 0.6) is 0 Å². The third-order valence-corrected chi connectivity index (χ3v) is 4.15. The van der Waals surface area contributed by atoms with Gasteiger partial charge in [-0.1, -0.05) is 6.42 Å². The minimum absolute atomic E-state index is 0.258. The number of hydrogen-bond donors (Lipinski definition) is 1. The summed E-state index contributed by atoms with van der Waals surface area (Å²) >= 11 is 0. The summed E-state index contributed by atoms with van der Waals surface area (Å²) in [6.07, 6.45) is 4.92. The van der Waals surface area contributed by atoms with Gasteiger partial charge in [-0.15, -0.1) is 0 Å². The summed E-state index contributed by atoms with van der Waals surface area (Å²) < 4.78 is 4.91. The number of fused-ring (bicyclic) bond motifs is 1. The Morgan fingerprint density at radius 1 is 1.41 bits per heavy atom. The number of nitrogens with two attached hydrogens (primary N) is 1. The lowest BCUT2D eigenvalue weighted by atomic mass is 10.0. The van der Waals surface area contributed by atoms with Crippen LogP contribution in [0.3, 0.4) is 0 Å². The largest absolute Gasteiger partial charge is 0.465 e. The first-order valence-electron chi connectivity index (χ1n) is 6.85. The number of likely N-dealkylation sites (tertiary alicyclic amines) is 1. The van der Waals surface area contributed by atoms with Gasteiger partial charge in [-0.2, -0.15) is 0 Å². The quantitative estimate of drug-likeness (QED) is 0.728. The molecule has 98 valence electrons. The van der Waals surface area contributed by atoms with Gasteiger partial charge in [0.25, 0.3) is 0 Å². The van der Waals surface area contributed by atoms with Crippen molar-refractivity contribution in [1.82, 2.24) is 4.90 Å². The fourth-order valence-corrected chi connectivity index (χ4v) is 3.20. The molecule has 2 fully saturated rings. The van der Waals surface area contributed by atoms with E-state index in [1.54, 1.807) is 0 Å². The summed E-state index contributed by atoms with van der Waals surface area (Å²) in [5.74, 6) is 1.56. The fourth-order valence-electron chi connectivity index (χ4n) is 3.20. The molecule has 0 radical (unpaired) electrons. The standard InChI is InChI=1S/C13H24N2O2/c1-2-17-13(16)12(14)6-7-15-8-10-4-3-5-11(10)9-15/h10-12H,2-9,14H2,1H3. The lowest BCUT2D eigenvalue weighted by Crippen LogP contribution is -2.36. The summed E-state index contributed by atoms with van der Waals surface area (Å²) in [7, 11) is 0. The lowest BCUT2D eigenvalue weighted by Gasteiger charge is -2.18. The maximum absolute atomic E-state index is 11.4. The van der Waals surface area contributed by atoms with Gasteiger partial charge in [-0.3, -0.25) is 4.79 Å². The van der Waals surface area contributed by atoms with Crippen LogP contribution in [0.4, 0.5) is 0 Å². The maximum Gasteiger partial charge on any atom is 0.322 e. The van der Waals surface area contributed by atoms with Crippen LogP contribution in [-0.4, -0.2) is 43.2 Å². The van der Waals surface area contributed by atoms with Crippen molar-refractivity contribution >= 4 is 5.97 Å². The summed E-state index contributed by atoms with van der Waals surface area (Å²) in [6.45, 7) is 5.58. The van der Waals surface area contributed by atoms with Gasteiger partial charge in [0.1, 0.15) is 6.04 Å². The Kier molecular flexibility index (Phi) is 4.40. The number of carbonyl (C=O) groups excluding carboxylic acids is 1. The molecule has 0 spiro atoms. The minimum atomic E-state index is -0.449. The first kappa shape index (κ1) is 12.8. The second kappa shape index (κ2) is 5.83. The van der Waals surface area contributed by atoms with E-state index < -0.39 is 6.04 Å². The molecular weight excluding hydrogens is 216 g/mol. The molecule has 1 saturated carbocycles. The van der Waals surface area contributed by atoms with Crippen LogP contribution in [0.1, 0.15) is 32.6 Å². The van der Waals surface area contributed by atoms with Crippen LogP contribution in [-0.2, 0) is 9.53 Å². The number of carbonyl (C=O) groups is 1. The molecule has 2 aliphatic rings. The molecule has 0 bridgehead atoms. The van der Waals surface area contributed by atoms with Gasteiger partial charge in [0.2, 0.25) is 0 Å². The van der Waals surface area contributed by atoms with Gasteiger partial charge in [0.05, 0.1) is 6.61 Å². The van der Waals surface area contributed by atoms with Crippen molar-refractivity contribution in [3.63, 3.8) is 0 Å². The van der Waals surface area contributed by atoms with E-state index in [0.717, 1.165) is 24.8 Å². The van der Waals surface area contributed by atoms with E-state index in [1.807, 2.05) is 6.92 Å². The summed E-state index contributed by atoms with van der Waals surface area (Å²) in [4.78, 5) is 13.8. The Morgan fingerprint density at radius 3 is 2.65 bits per heavy atom. The van der Waals surface area contributed by atoms with E-state index in [1.165, 1.54) is 32.4 Å². The number of nitrogens with zero attached hydrogens (tertiary/aromatic N) is 1. The highest BCUT2D eigenvalue weighted by Crippen LogP contribution is 2.37. The molecular formula is C13H24N2O2. The van der Waals surface area contributed by atoms with Crippen molar-refractivity contribution in [2.24, 2.45) is 17.6 Å². The van der Waals surface area contributed by atoms with Gasteiger partial charge in [0, 0.05) is 19.6 Å². The molecule has 4 heteroatoms. The Morgan fingerprint density at radius 2 is 2.06 bits per heavy atom. The van der Waals surface area contributed by atoms with Crippen LogP contribution in [0, 0.1) is 11.8 Å². The van der Waals surface area contributed by atoms with Gasteiger partial charge in [-0.05, 0) is 38.0 Å². The zero-order valence-corrected chi connectivity index (χ0v) is 10.7. The highest BCUT2D eigenvalue weighted by atomic mass is 16.5. The molecule has 1 heterocycles. The predicted octanol–water partition coefficient (Wildman–Crippen LogP) is 0.999. The Balaban J connectivity index is 1.67. The second-order valence-corrected chi connectivity index (χ2v) is 5.36. The van der Waals surface area contributed by atoms with E-state index in [2.05, 4.69) is 4.90 Å².